The second-order valence-corrected chi connectivity index (χ2v) is 7.87. The standard InChI is InChI=1S/C15H20N2O2S2/c1-13-8-12-20-15(13)21(18,19)17(11-9-16)10-7-14-5-3-2-4-6-14/h2-6,8,12H,7,9-11,16H2,1H3. The maximum absolute atomic E-state index is 12.7. The summed E-state index contributed by atoms with van der Waals surface area (Å²) in [5, 5.41) is 1.81. The molecule has 1 aromatic carbocycles. The zero-order valence-corrected chi connectivity index (χ0v) is 13.7. The van der Waals surface area contributed by atoms with Crippen LogP contribution in [0.3, 0.4) is 0 Å². The van der Waals surface area contributed by atoms with Gasteiger partial charge >= 0.3 is 0 Å². The third-order valence-corrected chi connectivity index (χ3v) is 6.82. The smallest absolute Gasteiger partial charge is 0.252 e. The van der Waals surface area contributed by atoms with Crippen LogP contribution < -0.4 is 5.73 Å². The van der Waals surface area contributed by atoms with Crippen molar-refractivity contribution in [3.05, 3.63) is 52.9 Å². The van der Waals surface area contributed by atoms with Crippen molar-refractivity contribution in [3.63, 3.8) is 0 Å². The van der Waals surface area contributed by atoms with E-state index in [9.17, 15) is 8.42 Å². The molecule has 0 amide bonds. The first-order valence-electron chi connectivity index (χ1n) is 6.84. The average molecular weight is 324 g/mol. The number of hydrogen-bond donors (Lipinski definition) is 1. The van der Waals surface area contributed by atoms with Crippen molar-refractivity contribution in [1.82, 2.24) is 4.31 Å². The Morgan fingerprint density at radius 3 is 2.43 bits per heavy atom. The summed E-state index contributed by atoms with van der Waals surface area (Å²) in [7, 11) is -3.45. The molecule has 21 heavy (non-hydrogen) atoms. The SMILES string of the molecule is Cc1ccsc1S(=O)(=O)N(CCN)CCc1ccccc1. The molecule has 1 aromatic heterocycles. The van der Waals surface area contributed by atoms with Gasteiger partial charge in [-0.15, -0.1) is 11.3 Å². The molecule has 1 heterocycles. The molecule has 0 fully saturated rings. The molecular weight excluding hydrogens is 304 g/mol. The summed E-state index contributed by atoms with van der Waals surface area (Å²) in [6.45, 7) is 2.92. The lowest BCUT2D eigenvalue weighted by atomic mass is 10.1. The van der Waals surface area contributed by atoms with E-state index >= 15 is 0 Å². The van der Waals surface area contributed by atoms with Gasteiger partial charge in [-0.1, -0.05) is 30.3 Å². The van der Waals surface area contributed by atoms with Crippen LogP contribution in [0.4, 0.5) is 0 Å². The lowest BCUT2D eigenvalue weighted by Crippen LogP contribution is -2.36. The van der Waals surface area contributed by atoms with Gasteiger partial charge in [0.2, 0.25) is 0 Å². The Morgan fingerprint density at radius 2 is 1.86 bits per heavy atom. The molecule has 0 saturated heterocycles. The largest absolute Gasteiger partial charge is 0.329 e. The summed E-state index contributed by atoms with van der Waals surface area (Å²) in [5.74, 6) is 0. The topological polar surface area (TPSA) is 63.4 Å². The summed E-state index contributed by atoms with van der Waals surface area (Å²) < 4.78 is 27.3. The number of aryl methyl sites for hydroxylation is 1. The van der Waals surface area contributed by atoms with E-state index in [1.54, 1.807) is 5.38 Å². The molecule has 114 valence electrons. The Labute approximate surface area is 130 Å². The molecule has 0 spiro atoms. The van der Waals surface area contributed by atoms with Gasteiger partial charge in [0.15, 0.2) is 0 Å². The van der Waals surface area contributed by atoms with Gasteiger partial charge < -0.3 is 5.73 Å². The molecule has 6 heteroatoms. The molecule has 2 N–H and O–H groups in total. The van der Waals surface area contributed by atoms with Crippen molar-refractivity contribution < 1.29 is 8.42 Å². The van der Waals surface area contributed by atoms with Crippen LogP contribution in [0.25, 0.3) is 0 Å². The van der Waals surface area contributed by atoms with Gasteiger partial charge in [0.05, 0.1) is 0 Å². The minimum absolute atomic E-state index is 0.318. The van der Waals surface area contributed by atoms with Gasteiger partial charge in [-0.25, -0.2) is 8.42 Å². The van der Waals surface area contributed by atoms with E-state index in [0.717, 1.165) is 11.1 Å². The normalized spacial score (nSPS) is 12.0. The summed E-state index contributed by atoms with van der Waals surface area (Å²) in [6, 6.07) is 11.7. The molecule has 2 rings (SSSR count). The van der Waals surface area contributed by atoms with Crippen LogP contribution >= 0.6 is 11.3 Å². The Morgan fingerprint density at radius 1 is 1.14 bits per heavy atom. The molecule has 0 unspecified atom stereocenters. The Hall–Kier alpha value is -1.21. The highest BCUT2D eigenvalue weighted by atomic mass is 32.2. The van der Waals surface area contributed by atoms with Crippen LogP contribution in [0.5, 0.6) is 0 Å². The number of hydrogen-bond acceptors (Lipinski definition) is 4. The van der Waals surface area contributed by atoms with Gasteiger partial charge in [-0.2, -0.15) is 4.31 Å². The predicted molar refractivity (Wildman–Crippen MR) is 87.0 cm³/mol. The van der Waals surface area contributed by atoms with Crippen molar-refractivity contribution in [2.24, 2.45) is 5.73 Å². The number of nitrogens with zero attached hydrogens (tertiary/aromatic N) is 1. The van der Waals surface area contributed by atoms with Crippen LogP contribution in [0.15, 0.2) is 46.0 Å². The number of nitrogens with two attached hydrogens (primary N) is 1. The molecule has 0 saturated carbocycles. The van der Waals surface area contributed by atoms with Gasteiger partial charge in [0.1, 0.15) is 4.21 Å². The van der Waals surface area contributed by atoms with Crippen molar-refractivity contribution in [3.8, 4) is 0 Å². The number of sulfonamides is 1. The monoisotopic (exact) mass is 324 g/mol. The van der Waals surface area contributed by atoms with Gasteiger partial charge in [0.25, 0.3) is 10.0 Å². The molecule has 0 aliphatic rings. The highest BCUT2D eigenvalue weighted by Crippen LogP contribution is 2.25. The van der Waals surface area contributed by atoms with Crippen molar-refractivity contribution in [2.45, 2.75) is 17.6 Å². The van der Waals surface area contributed by atoms with Crippen molar-refractivity contribution >= 4 is 21.4 Å². The van der Waals surface area contributed by atoms with Crippen LogP contribution in [0, 0.1) is 6.92 Å². The second kappa shape index (κ2) is 7.17. The van der Waals surface area contributed by atoms with Crippen molar-refractivity contribution in [2.75, 3.05) is 19.6 Å². The maximum Gasteiger partial charge on any atom is 0.252 e. The van der Waals surface area contributed by atoms with E-state index < -0.39 is 10.0 Å². The molecule has 4 nitrogen and oxygen atoms in total. The Bertz CT molecular complexity index is 666. The molecular formula is C15H20N2O2S2. The van der Waals surface area contributed by atoms with E-state index in [-0.39, 0.29) is 0 Å². The molecule has 0 aliphatic carbocycles. The van der Waals surface area contributed by atoms with E-state index in [2.05, 4.69) is 0 Å². The van der Waals surface area contributed by atoms with Crippen molar-refractivity contribution in [1.29, 1.82) is 0 Å². The highest BCUT2D eigenvalue weighted by molar-refractivity contribution is 7.91. The van der Waals surface area contributed by atoms with E-state index in [0.29, 0.717) is 30.3 Å². The van der Waals surface area contributed by atoms with Crippen LogP contribution in [0.1, 0.15) is 11.1 Å². The van der Waals surface area contributed by atoms with Gasteiger partial charge in [0, 0.05) is 19.6 Å². The average Bonchev–Trinajstić information content (AvgIpc) is 2.91. The van der Waals surface area contributed by atoms with Crippen LogP contribution in [0.2, 0.25) is 0 Å². The van der Waals surface area contributed by atoms with E-state index in [1.807, 2.05) is 43.3 Å². The quantitative estimate of drug-likeness (QED) is 0.849. The molecule has 0 radical (unpaired) electrons. The fraction of sp³-hybridized carbons (Fsp3) is 0.333. The number of benzene rings is 1. The minimum atomic E-state index is -3.45. The fourth-order valence-corrected chi connectivity index (χ4v) is 5.14. The predicted octanol–water partition coefficient (Wildman–Crippen LogP) is 2.25. The third kappa shape index (κ3) is 3.91. The molecule has 0 atom stereocenters. The maximum atomic E-state index is 12.7. The minimum Gasteiger partial charge on any atom is -0.329 e. The van der Waals surface area contributed by atoms with E-state index in [4.69, 9.17) is 5.73 Å². The zero-order chi connectivity index (χ0) is 15.3. The first kappa shape index (κ1) is 16.2. The first-order valence-corrected chi connectivity index (χ1v) is 9.16. The lowest BCUT2D eigenvalue weighted by molar-refractivity contribution is 0.423. The number of thiophene rings is 1. The van der Waals surface area contributed by atoms with Gasteiger partial charge in [-0.05, 0) is 35.9 Å². The first-order chi connectivity index (χ1) is 10.1. The summed E-state index contributed by atoms with van der Waals surface area (Å²) in [6.07, 6.45) is 0.685. The van der Waals surface area contributed by atoms with Crippen LogP contribution in [-0.4, -0.2) is 32.4 Å². The second-order valence-electron chi connectivity index (χ2n) is 4.82. The molecule has 0 bridgehead atoms. The number of rotatable bonds is 7. The third-order valence-electron chi connectivity index (χ3n) is 3.26. The molecule has 2 aromatic rings. The highest BCUT2D eigenvalue weighted by Gasteiger charge is 2.26. The zero-order valence-electron chi connectivity index (χ0n) is 12.0. The Balaban J connectivity index is 2.17. The summed E-state index contributed by atoms with van der Waals surface area (Å²) in [4.78, 5) is 0. The summed E-state index contributed by atoms with van der Waals surface area (Å²) in [5.41, 5.74) is 7.50. The molecule has 0 aliphatic heterocycles. The van der Waals surface area contributed by atoms with Crippen LogP contribution in [-0.2, 0) is 16.4 Å². The lowest BCUT2D eigenvalue weighted by Gasteiger charge is -2.21. The van der Waals surface area contributed by atoms with Gasteiger partial charge in [-0.3, -0.25) is 0 Å². The summed E-state index contributed by atoms with van der Waals surface area (Å²) >= 11 is 1.26. The Kier molecular flexibility index (Phi) is 5.52. The fourth-order valence-electron chi connectivity index (χ4n) is 2.13. The van der Waals surface area contributed by atoms with E-state index in [1.165, 1.54) is 15.6 Å².